The van der Waals surface area contributed by atoms with Crippen LogP contribution in [0.2, 0.25) is 0 Å². The van der Waals surface area contributed by atoms with E-state index in [2.05, 4.69) is 15.1 Å². The first-order valence-corrected chi connectivity index (χ1v) is 7.22. The lowest BCUT2D eigenvalue weighted by atomic mass is 9.95. The minimum absolute atomic E-state index is 0.423. The third-order valence-corrected chi connectivity index (χ3v) is 4.18. The Hall–Kier alpha value is -1.31. The van der Waals surface area contributed by atoms with Gasteiger partial charge in [-0.05, 0) is 26.2 Å². The van der Waals surface area contributed by atoms with Gasteiger partial charge in [0, 0.05) is 18.5 Å². The molecule has 0 saturated carbocycles. The molecule has 2 N–H and O–H groups in total. The SMILES string of the molecule is CC1(c2noc(-c3csc(CN)n3)n2)CCCCO1. The minimum Gasteiger partial charge on any atom is -0.367 e. The molecule has 0 amide bonds. The molecular weight excluding hydrogens is 264 g/mol. The van der Waals surface area contributed by atoms with Gasteiger partial charge in [0.1, 0.15) is 16.3 Å². The summed E-state index contributed by atoms with van der Waals surface area (Å²) in [6.07, 6.45) is 3.12. The highest BCUT2D eigenvalue weighted by atomic mass is 32.1. The molecule has 3 rings (SSSR count). The molecule has 7 heteroatoms. The Balaban J connectivity index is 1.86. The van der Waals surface area contributed by atoms with Gasteiger partial charge in [-0.25, -0.2) is 4.98 Å². The van der Waals surface area contributed by atoms with Gasteiger partial charge in [0.25, 0.3) is 5.89 Å². The van der Waals surface area contributed by atoms with Gasteiger partial charge in [0.15, 0.2) is 0 Å². The number of thiazole rings is 1. The van der Waals surface area contributed by atoms with Crippen molar-refractivity contribution in [3.05, 3.63) is 16.2 Å². The molecule has 19 heavy (non-hydrogen) atoms. The monoisotopic (exact) mass is 280 g/mol. The second-order valence-electron chi connectivity index (χ2n) is 4.79. The van der Waals surface area contributed by atoms with Gasteiger partial charge in [0.2, 0.25) is 5.82 Å². The Labute approximate surface area is 115 Å². The topological polar surface area (TPSA) is 87.1 Å². The fourth-order valence-corrected chi connectivity index (χ4v) is 2.80. The second-order valence-corrected chi connectivity index (χ2v) is 5.73. The summed E-state index contributed by atoms with van der Waals surface area (Å²) in [5.41, 5.74) is 5.79. The minimum atomic E-state index is -0.438. The van der Waals surface area contributed by atoms with Crippen molar-refractivity contribution in [1.29, 1.82) is 0 Å². The molecule has 2 aromatic rings. The van der Waals surface area contributed by atoms with Crippen molar-refractivity contribution in [3.63, 3.8) is 0 Å². The quantitative estimate of drug-likeness (QED) is 0.926. The van der Waals surface area contributed by atoms with Gasteiger partial charge in [-0.15, -0.1) is 11.3 Å². The van der Waals surface area contributed by atoms with E-state index in [1.807, 2.05) is 12.3 Å². The number of ether oxygens (including phenoxy) is 1. The summed E-state index contributed by atoms with van der Waals surface area (Å²) in [6, 6.07) is 0. The summed E-state index contributed by atoms with van der Waals surface area (Å²) in [4.78, 5) is 8.76. The number of nitrogens with zero attached hydrogens (tertiary/aromatic N) is 3. The van der Waals surface area contributed by atoms with Crippen molar-refractivity contribution < 1.29 is 9.26 Å². The molecule has 1 aliphatic heterocycles. The zero-order valence-electron chi connectivity index (χ0n) is 10.8. The van der Waals surface area contributed by atoms with Crippen LogP contribution in [-0.2, 0) is 16.9 Å². The van der Waals surface area contributed by atoms with Gasteiger partial charge in [-0.3, -0.25) is 0 Å². The van der Waals surface area contributed by atoms with Crippen LogP contribution in [-0.4, -0.2) is 21.7 Å². The summed E-state index contributed by atoms with van der Waals surface area (Å²) in [5.74, 6) is 1.03. The molecule has 2 aromatic heterocycles. The van der Waals surface area contributed by atoms with E-state index in [9.17, 15) is 0 Å². The summed E-state index contributed by atoms with van der Waals surface area (Å²) in [6.45, 7) is 3.17. The maximum absolute atomic E-state index is 5.80. The molecule has 0 radical (unpaired) electrons. The van der Waals surface area contributed by atoms with Crippen molar-refractivity contribution >= 4 is 11.3 Å². The van der Waals surface area contributed by atoms with Crippen LogP contribution in [0.5, 0.6) is 0 Å². The Kier molecular flexibility index (Phi) is 3.34. The molecule has 3 heterocycles. The predicted molar refractivity (Wildman–Crippen MR) is 70.5 cm³/mol. The van der Waals surface area contributed by atoms with Gasteiger partial charge >= 0.3 is 0 Å². The van der Waals surface area contributed by atoms with E-state index in [1.54, 1.807) is 0 Å². The predicted octanol–water partition coefficient (Wildman–Crippen LogP) is 2.07. The molecular formula is C12H16N4O2S. The molecule has 6 nitrogen and oxygen atoms in total. The van der Waals surface area contributed by atoms with E-state index < -0.39 is 5.60 Å². The first kappa shape index (κ1) is 12.7. The number of hydrogen-bond acceptors (Lipinski definition) is 7. The van der Waals surface area contributed by atoms with E-state index >= 15 is 0 Å². The number of aromatic nitrogens is 3. The average molecular weight is 280 g/mol. The van der Waals surface area contributed by atoms with Crippen molar-refractivity contribution in [2.75, 3.05) is 6.61 Å². The maximum Gasteiger partial charge on any atom is 0.277 e. The van der Waals surface area contributed by atoms with E-state index in [4.69, 9.17) is 15.0 Å². The molecule has 1 saturated heterocycles. The number of nitrogens with two attached hydrogens (primary N) is 1. The fourth-order valence-electron chi connectivity index (χ4n) is 2.16. The lowest BCUT2D eigenvalue weighted by molar-refractivity contribution is -0.0770. The first-order chi connectivity index (χ1) is 9.21. The van der Waals surface area contributed by atoms with Crippen molar-refractivity contribution in [3.8, 4) is 11.6 Å². The maximum atomic E-state index is 5.80. The van der Waals surface area contributed by atoms with Crippen LogP contribution in [0.25, 0.3) is 11.6 Å². The lowest BCUT2D eigenvalue weighted by Crippen LogP contribution is -2.31. The molecule has 1 unspecified atom stereocenters. The number of rotatable bonds is 3. The summed E-state index contributed by atoms with van der Waals surface area (Å²) >= 11 is 1.49. The van der Waals surface area contributed by atoms with Gasteiger partial charge < -0.3 is 15.0 Å². The van der Waals surface area contributed by atoms with Crippen LogP contribution in [0.3, 0.4) is 0 Å². The largest absolute Gasteiger partial charge is 0.367 e. The van der Waals surface area contributed by atoms with Crippen molar-refractivity contribution in [1.82, 2.24) is 15.1 Å². The van der Waals surface area contributed by atoms with Crippen LogP contribution < -0.4 is 5.73 Å². The molecule has 1 aliphatic rings. The highest BCUT2D eigenvalue weighted by Gasteiger charge is 2.35. The average Bonchev–Trinajstić information content (AvgIpc) is 3.08. The van der Waals surface area contributed by atoms with Crippen molar-refractivity contribution in [2.24, 2.45) is 5.73 Å². The molecule has 0 spiro atoms. The molecule has 0 aliphatic carbocycles. The molecule has 0 bridgehead atoms. The molecule has 0 aromatic carbocycles. The van der Waals surface area contributed by atoms with E-state index in [0.717, 1.165) is 30.9 Å². The third kappa shape index (κ3) is 2.41. The van der Waals surface area contributed by atoms with Crippen LogP contribution >= 0.6 is 11.3 Å². The zero-order chi connectivity index (χ0) is 13.3. The van der Waals surface area contributed by atoms with E-state index in [-0.39, 0.29) is 0 Å². The van der Waals surface area contributed by atoms with Gasteiger partial charge in [-0.1, -0.05) is 5.16 Å². The standard InChI is InChI=1S/C12H16N4O2S/c1-12(4-2-3-5-17-12)11-15-10(18-16-11)8-7-19-9(6-13)14-8/h7H,2-6,13H2,1H3. The van der Waals surface area contributed by atoms with Crippen LogP contribution in [0.4, 0.5) is 0 Å². The normalized spacial score (nSPS) is 23.7. The van der Waals surface area contributed by atoms with Gasteiger partial charge in [-0.2, -0.15) is 4.98 Å². The van der Waals surface area contributed by atoms with Gasteiger partial charge in [0.05, 0.1) is 0 Å². The molecule has 1 fully saturated rings. The Morgan fingerprint density at radius 2 is 2.32 bits per heavy atom. The van der Waals surface area contributed by atoms with Crippen LogP contribution in [0.15, 0.2) is 9.90 Å². The van der Waals surface area contributed by atoms with E-state index in [0.29, 0.717) is 24.0 Å². The third-order valence-electron chi connectivity index (χ3n) is 3.31. The highest BCUT2D eigenvalue weighted by molar-refractivity contribution is 7.09. The first-order valence-electron chi connectivity index (χ1n) is 6.34. The Morgan fingerprint density at radius 3 is 3.00 bits per heavy atom. The summed E-state index contributed by atoms with van der Waals surface area (Å²) < 4.78 is 11.1. The smallest absolute Gasteiger partial charge is 0.277 e. The van der Waals surface area contributed by atoms with Crippen molar-refractivity contribution in [2.45, 2.75) is 38.3 Å². The Morgan fingerprint density at radius 1 is 1.42 bits per heavy atom. The lowest BCUT2D eigenvalue weighted by Gasteiger charge is -2.30. The highest BCUT2D eigenvalue weighted by Crippen LogP contribution is 2.33. The number of hydrogen-bond donors (Lipinski definition) is 1. The van der Waals surface area contributed by atoms with Crippen LogP contribution in [0.1, 0.15) is 37.0 Å². The van der Waals surface area contributed by atoms with Crippen LogP contribution in [0, 0.1) is 0 Å². The molecule has 1 atom stereocenters. The second kappa shape index (κ2) is 4.99. The summed E-state index contributed by atoms with van der Waals surface area (Å²) in [5, 5.41) is 6.78. The Bertz CT molecular complexity index is 560. The molecule has 102 valence electrons. The fraction of sp³-hybridized carbons (Fsp3) is 0.583. The summed E-state index contributed by atoms with van der Waals surface area (Å²) in [7, 11) is 0. The van der Waals surface area contributed by atoms with E-state index in [1.165, 1.54) is 11.3 Å². The zero-order valence-corrected chi connectivity index (χ0v) is 11.6.